The van der Waals surface area contributed by atoms with Gasteiger partial charge < -0.3 is 10.2 Å². The van der Waals surface area contributed by atoms with Crippen molar-refractivity contribution in [2.24, 2.45) is 0 Å². The molecule has 4 heteroatoms. The van der Waals surface area contributed by atoms with Crippen molar-refractivity contribution in [1.82, 2.24) is 10.3 Å². The van der Waals surface area contributed by atoms with Crippen LogP contribution in [-0.4, -0.2) is 30.0 Å². The Morgan fingerprint density at radius 1 is 1.32 bits per heavy atom. The highest BCUT2D eigenvalue weighted by molar-refractivity contribution is 5.92. The molecule has 2 rings (SSSR count). The molecule has 0 atom stereocenters. The average molecular weight is 261 g/mol. The van der Waals surface area contributed by atoms with Gasteiger partial charge in [0, 0.05) is 19.1 Å². The fourth-order valence-corrected chi connectivity index (χ4v) is 2.63. The van der Waals surface area contributed by atoms with Gasteiger partial charge in [-0.3, -0.25) is 4.79 Å². The zero-order valence-corrected chi connectivity index (χ0v) is 11.9. The first-order chi connectivity index (χ1) is 9.24. The Hall–Kier alpha value is -1.58. The van der Waals surface area contributed by atoms with Gasteiger partial charge in [0.1, 0.15) is 5.69 Å². The first-order valence-corrected chi connectivity index (χ1v) is 7.26. The van der Waals surface area contributed by atoms with Crippen molar-refractivity contribution in [3.8, 4) is 0 Å². The second-order valence-corrected chi connectivity index (χ2v) is 5.03. The molecular weight excluding hydrogens is 238 g/mol. The summed E-state index contributed by atoms with van der Waals surface area (Å²) in [4.78, 5) is 18.5. The van der Waals surface area contributed by atoms with Crippen molar-refractivity contribution in [3.63, 3.8) is 0 Å². The van der Waals surface area contributed by atoms with Gasteiger partial charge in [-0.05, 0) is 38.8 Å². The summed E-state index contributed by atoms with van der Waals surface area (Å²) in [6.45, 7) is 6.13. The summed E-state index contributed by atoms with van der Waals surface area (Å²) in [5.74, 6) is -0.0435. The van der Waals surface area contributed by atoms with Crippen LogP contribution in [0.5, 0.6) is 0 Å². The monoisotopic (exact) mass is 261 g/mol. The van der Waals surface area contributed by atoms with Crippen molar-refractivity contribution in [2.75, 3.05) is 18.0 Å². The SMILES string of the molecule is CCN(CC)c1ccc(C(=O)NC2CCCC2)nc1. The Labute approximate surface area is 115 Å². The predicted molar refractivity (Wildman–Crippen MR) is 77.5 cm³/mol. The topological polar surface area (TPSA) is 45.2 Å². The van der Waals surface area contributed by atoms with E-state index in [1.807, 2.05) is 12.1 Å². The van der Waals surface area contributed by atoms with Gasteiger partial charge >= 0.3 is 0 Å². The summed E-state index contributed by atoms with van der Waals surface area (Å²) >= 11 is 0. The van der Waals surface area contributed by atoms with Crippen LogP contribution in [-0.2, 0) is 0 Å². The number of carbonyl (C=O) groups is 1. The van der Waals surface area contributed by atoms with Gasteiger partial charge in [0.25, 0.3) is 5.91 Å². The van der Waals surface area contributed by atoms with Crippen LogP contribution in [0.15, 0.2) is 18.3 Å². The molecule has 1 aliphatic carbocycles. The largest absolute Gasteiger partial charge is 0.371 e. The van der Waals surface area contributed by atoms with Crippen molar-refractivity contribution in [1.29, 1.82) is 0 Å². The molecule has 0 aliphatic heterocycles. The number of anilines is 1. The standard InChI is InChI=1S/C15H23N3O/c1-3-18(4-2)13-9-10-14(16-11-13)15(19)17-12-7-5-6-8-12/h9-12H,3-8H2,1-2H3,(H,17,19). The molecule has 1 N–H and O–H groups in total. The first-order valence-electron chi connectivity index (χ1n) is 7.26. The maximum absolute atomic E-state index is 12.0. The molecule has 0 saturated heterocycles. The number of pyridine rings is 1. The fraction of sp³-hybridized carbons (Fsp3) is 0.600. The number of rotatable bonds is 5. The summed E-state index contributed by atoms with van der Waals surface area (Å²) in [7, 11) is 0. The van der Waals surface area contributed by atoms with E-state index in [9.17, 15) is 4.79 Å². The molecule has 0 unspecified atom stereocenters. The summed E-state index contributed by atoms with van der Waals surface area (Å²) in [5, 5.41) is 3.06. The molecule has 1 saturated carbocycles. The molecule has 0 radical (unpaired) electrons. The Bertz CT molecular complexity index is 406. The molecule has 1 heterocycles. The van der Waals surface area contributed by atoms with Gasteiger partial charge in [-0.15, -0.1) is 0 Å². The Morgan fingerprint density at radius 3 is 2.53 bits per heavy atom. The lowest BCUT2D eigenvalue weighted by molar-refractivity contribution is 0.0933. The highest BCUT2D eigenvalue weighted by Gasteiger charge is 2.18. The number of aromatic nitrogens is 1. The van der Waals surface area contributed by atoms with Crippen LogP contribution < -0.4 is 10.2 Å². The van der Waals surface area contributed by atoms with Gasteiger partial charge in [0.05, 0.1) is 11.9 Å². The van der Waals surface area contributed by atoms with Crippen molar-refractivity contribution in [2.45, 2.75) is 45.6 Å². The minimum Gasteiger partial charge on any atom is -0.371 e. The molecule has 1 amide bonds. The smallest absolute Gasteiger partial charge is 0.270 e. The predicted octanol–water partition coefficient (Wildman–Crippen LogP) is 2.60. The molecule has 104 valence electrons. The quantitative estimate of drug-likeness (QED) is 0.886. The number of nitrogens with zero attached hydrogens (tertiary/aromatic N) is 2. The van der Waals surface area contributed by atoms with E-state index in [1.165, 1.54) is 12.8 Å². The number of hydrogen-bond acceptors (Lipinski definition) is 3. The van der Waals surface area contributed by atoms with Crippen LogP contribution >= 0.6 is 0 Å². The summed E-state index contributed by atoms with van der Waals surface area (Å²) in [6, 6.07) is 4.14. The number of hydrogen-bond donors (Lipinski definition) is 1. The lowest BCUT2D eigenvalue weighted by Gasteiger charge is -2.20. The molecule has 1 fully saturated rings. The van der Waals surface area contributed by atoms with Crippen molar-refractivity contribution in [3.05, 3.63) is 24.0 Å². The Kier molecular flexibility index (Phi) is 4.77. The lowest BCUT2D eigenvalue weighted by Crippen LogP contribution is -2.33. The number of amides is 1. The molecule has 4 nitrogen and oxygen atoms in total. The van der Waals surface area contributed by atoms with E-state index >= 15 is 0 Å². The second kappa shape index (κ2) is 6.55. The molecule has 1 aromatic heterocycles. The van der Waals surface area contributed by atoms with E-state index < -0.39 is 0 Å². The van der Waals surface area contributed by atoms with Crippen LogP contribution in [0.25, 0.3) is 0 Å². The first kappa shape index (κ1) is 13.8. The summed E-state index contributed by atoms with van der Waals surface area (Å²) in [5.41, 5.74) is 1.59. The van der Waals surface area contributed by atoms with E-state index in [4.69, 9.17) is 0 Å². The fourth-order valence-electron chi connectivity index (χ4n) is 2.63. The molecular formula is C15H23N3O. The molecule has 0 spiro atoms. The van der Waals surface area contributed by atoms with E-state index in [0.717, 1.165) is 31.6 Å². The third-order valence-corrected chi connectivity index (χ3v) is 3.80. The van der Waals surface area contributed by atoms with Gasteiger partial charge in [-0.25, -0.2) is 4.98 Å². The maximum Gasteiger partial charge on any atom is 0.270 e. The Balaban J connectivity index is 1.98. The van der Waals surface area contributed by atoms with Crippen LogP contribution in [0.1, 0.15) is 50.0 Å². The number of carbonyl (C=O) groups excluding carboxylic acids is 1. The van der Waals surface area contributed by atoms with E-state index in [-0.39, 0.29) is 5.91 Å². The molecule has 0 bridgehead atoms. The normalized spacial score (nSPS) is 15.5. The van der Waals surface area contributed by atoms with Gasteiger partial charge in [-0.2, -0.15) is 0 Å². The van der Waals surface area contributed by atoms with Crippen LogP contribution in [0.2, 0.25) is 0 Å². The molecule has 1 aliphatic rings. The average Bonchev–Trinajstić information content (AvgIpc) is 2.94. The molecule has 19 heavy (non-hydrogen) atoms. The third-order valence-electron chi connectivity index (χ3n) is 3.80. The second-order valence-electron chi connectivity index (χ2n) is 5.03. The summed E-state index contributed by atoms with van der Waals surface area (Å²) in [6.07, 6.45) is 6.43. The van der Waals surface area contributed by atoms with E-state index in [1.54, 1.807) is 6.20 Å². The van der Waals surface area contributed by atoms with E-state index in [0.29, 0.717) is 11.7 Å². The van der Waals surface area contributed by atoms with Gasteiger partial charge in [0.15, 0.2) is 0 Å². The van der Waals surface area contributed by atoms with Crippen molar-refractivity contribution < 1.29 is 4.79 Å². The minimum absolute atomic E-state index is 0.0435. The maximum atomic E-state index is 12.0. The van der Waals surface area contributed by atoms with Crippen LogP contribution in [0.4, 0.5) is 5.69 Å². The Morgan fingerprint density at radius 2 is 2.00 bits per heavy atom. The molecule has 1 aromatic rings. The summed E-state index contributed by atoms with van der Waals surface area (Å²) < 4.78 is 0. The van der Waals surface area contributed by atoms with Gasteiger partial charge in [-0.1, -0.05) is 12.8 Å². The highest BCUT2D eigenvalue weighted by Crippen LogP contribution is 2.18. The minimum atomic E-state index is -0.0435. The molecule has 0 aromatic carbocycles. The van der Waals surface area contributed by atoms with Crippen molar-refractivity contribution >= 4 is 11.6 Å². The zero-order valence-electron chi connectivity index (χ0n) is 11.9. The van der Waals surface area contributed by atoms with Gasteiger partial charge in [0.2, 0.25) is 0 Å². The zero-order chi connectivity index (χ0) is 13.7. The van der Waals surface area contributed by atoms with E-state index in [2.05, 4.69) is 29.0 Å². The number of nitrogens with one attached hydrogen (secondary N) is 1. The van der Waals surface area contributed by atoms with Crippen LogP contribution in [0, 0.1) is 0 Å². The lowest BCUT2D eigenvalue weighted by atomic mass is 10.2. The third kappa shape index (κ3) is 3.46. The van der Waals surface area contributed by atoms with Crippen LogP contribution in [0.3, 0.4) is 0 Å². The highest BCUT2D eigenvalue weighted by atomic mass is 16.1.